The van der Waals surface area contributed by atoms with Crippen LogP contribution in [-0.2, 0) is 0 Å². The summed E-state index contributed by atoms with van der Waals surface area (Å²) in [6.45, 7) is 2.07. The molecule has 20 heavy (non-hydrogen) atoms. The van der Waals surface area contributed by atoms with Gasteiger partial charge in [-0.3, -0.25) is 0 Å². The van der Waals surface area contributed by atoms with Crippen LogP contribution >= 0.6 is 0 Å². The van der Waals surface area contributed by atoms with Gasteiger partial charge in [0.1, 0.15) is 11.6 Å². The van der Waals surface area contributed by atoms with Gasteiger partial charge in [-0.15, -0.1) is 0 Å². The van der Waals surface area contributed by atoms with Crippen molar-refractivity contribution in [3.05, 3.63) is 48.2 Å². The van der Waals surface area contributed by atoms with Gasteiger partial charge in [0, 0.05) is 24.2 Å². The second-order valence-electron chi connectivity index (χ2n) is 4.75. The first kappa shape index (κ1) is 12.4. The van der Waals surface area contributed by atoms with Gasteiger partial charge in [0.15, 0.2) is 0 Å². The molecule has 3 N–H and O–H groups in total. The number of fused-ring (bicyclic) bond motifs is 1. The van der Waals surface area contributed by atoms with Crippen molar-refractivity contribution < 1.29 is 0 Å². The molecule has 2 aromatic heterocycles. The van der Waals surface area contributed by atoms with Gasteiger partial charge in [0.2, 0.25) is 0 Å². The number of nitrogens with two attached hydrogens (primary N) is 1. The van der Waals surface area contributed by atoms with Crippen molar-refractivity contribution in [1.82, 2.24) is 9.97 Å². The Bertz CT molecular complexity index is 781. The Labute approximate surface area is 117 Å². The number of benzene rings is 1. The van der Waals surface area contributed by atoms with Crippen molar-refractivity contribution in [1.29, 1.82) is 0 Å². The van der Waals surface area contributed by atoms with Crippen LogP contribution in [0.5, 0.6) is 0 Å². The molecule has 0 bridgehead atoms. The molecule has 0 amide bonds. The lowest BCUT2D eigenvalue weighted by molar-refractivity contribution is 1.29. The number of hydrogen-bond donors (Lipinski definition) is 2. The molecule has 4 nitrogen and oxygen atoms in total. The summed E-state index contributed by atoms with van der Waals surface area (Å²) in [5.41, 5.74) is 9.24. The highest BCUT2D eigenvalue weighted by Crippen LogP contribution is 2.28. The van der Waals surface area contributed by atoms with E-state index < -0.39 is 0 Å². The predicted octanol–water partition coefficient (Wildman–Crippen LogP) is 3.23. The number of nitrogens with one attached hydrogen (secondary N) is 1. The fraction of sp³-hybridized carbons (Fsp3) is 0.125. The van der Waals surface area contributed by atoms with E-state index >= 15 is 0 Å². The molecule has 100 valence electrons. The molecule has 0 saturated carbocycles. The van der Waals surface area contributed by atoms with Gasteiger partial charge in [-0.25, -0.2) is 9.97 Å². The zero-order valence-corrected chi connectivity index (χ0v) is 11.5. The minimum atomic E-state index is 0.510. The Balaban J connectivity index is 2.25. The minimum Gasteiger partial charge on any atom is -0.383 e. The molecule has 2 heterocycles. The van der Waals surface area contributed by atoms with Crippen molar-refractivity contribution in [3.8, 4) is 11.3 Å². The van der Waals surface area contributed by atoms with E-state index in [2.05, 4.69) is 40.4 Å². The molecule has 1 aromatic carbocycles. The summed E-state index contributed by atoms with van der Waals surface area (Å²) in [6, 6.07) is 12.2. The van der Waals surface area contributed by atoms with Crippen LogP contribution in [0, 0.1) is 6.92 Å². The molecule has 0 radical (unpaired) electrons. The molecule has 0 unspecified atom stereocenters. The molecule has 0 fully saturated rings. The van der Waals surface area contributed by atoms with E-state index in [0.717, 1.165) is 27.8 Å². The van der Waals surface area contributed by atoms with E-state index in [1.807, 2.05) is 25.2 Å². The molecule has 0 saturated heterocycles. The largest absolute Gasteiger partial charge is 0.383 e. The van der Waals surface area contributed by atoms with E-state index in [1.54, 1.807) is 6.20 Å². The number of nitrogen functional groups attached to an aromatic ring is 1. The monoisotopic (exact) mass is 264 g/mol. The lowest BCUT2D eigenvalue weighted by atomic mass is 10.0. The summed E-state index contributed by atoms with van der Waals surface area (Å²) in [5.74, 6) is 1.33. The molecule has 3 rings (SSSR count). The maximum atomic E-state index is 6.06. The molecular formula is C16H16N4. The van der Waals surface area contributed by atoms with Crippen LogP contribution in [0.4, 0.5) is 11.6 Å². The van der Waals surface area contributed by atoms with Crippen molar-refractivity contribution in [2.45, 2.75) is 6.92 Å². The third kappa shape index (κ3) is 2.05. The summed E-state index contributed by atoms with van der Waals surface area (Å²) in [5, 5.41) is 4.95. The standard InChI is InChI=1S/C16H16N4/c1-10-5-3-4-6-12(10)14-7-11-8-15(18-2)19-9-13(11)16(17)20-14/h3-9H,1-2H3,(H2,17,20)(H,18,19). The zero-order valence-electron chi connectivity index (χ0n) is 11.5. The number of anilines is 2. The fourth-order valence-electron chi connectivity index (χ4n) is 2.31. The van der Waals surface area contributed by atoms with Crippen LogP contribution in [-0.4, -0.2) is 17.0 Å². The first-order chi connectivity index (χ1) is 9.69. The summed E-state index contributed by atoms with van der Waals surface area (Å²) in [6.07, 6.45) is 1.76. The smallest absolute Gasteiger partial charge is 0.133 e. The summed E-state index contributed by atoms with van der Waals surface area (Å²) in [7, 11) is 1.85. The van der Waals surface area contributed by atoms with E-state index in [4.69, 9.17) is 5.73 Å². The first-order valence-electron chi connectivity index (χ1n) is 6.49. The number of aromatic nitrogens is 2. The maximum absolute atomic E-state index is 6.06. The lowest BCUT2D eigenvalue weighted by Gasteiger charge is -2.09. The van der Waals surface area contributed by atoms with E-state index in [9.17, 15) is 0 Å². The van der Waals surface area contributed by atoms with Crippen LogP contribution in [0.15, 0.2) is 42.6 Å². The molecule has 0 aliphatic heterocycles. The van der Waals surface area contributed by atoms with E-state index in [0.29, 0.717) is 5.82 Å². The average Bonchev–Trinajstić information content (AvgIpc) is 2.47. The normalized spacial score (nSPS) is 10.7. The topological polar surface area (TPSA) is 63.8 Å². The van der Waals surface area contributed by atoms with Crippen LogP contribution < -0.4 is 11.1 Å². The van der Waals surface area contributed by atoms with Crippen molar-refractivity contribution in [2.75, 3.05) is 18.1 Å². The molecule has 0 aliphatic carbocycles. The van der Waals surface area contributed by atoms with Crippen molar-refractivity contribution >= 4 is 22.4 Å². The fourth-order valence-corrected chi connectivity index (χ4v) is 2.31. The van der Waals surface area contributed by atoms with E-state index in [-0.39, 0.29) is 0 Å². The second kappa shape index (κ2) is 4.81. The number of pyridine rings is 2. The molecule has 3 aromatic rings. The van der Waals surface area contributed by atoms with Gasteiger partial charge < -0.3 is 11.1 Å². The minimum absolute atomic E-state index is 0.510. The van der Waals surface area contributed by atoms with Crippen LogP contribution in [0.2, 0.25) is 0 Å². The summed E-state index contributed by atoms with van der Waals surface area (Å²) in [4.78, 5) is 8.78. The Morgan fingerprint density at radius 2 is 1.95 bits per heavy atom. The van der Waals surface area contributed by atoms with Crippen LogP contribution in [0.25, 0.3) is 22.0 Å². The highest BCUT2D eigenvalue weighted by atomic mass is 15.0. The Hall–Kier alpha value is -2.62. The average molecular weight is 264 g/mol. The van der Waals surface area contributed by atoms with E-state index in [1.165, 1.54) is 5.56 Å². The molecular weight excluding hydrogens is 248 g/mol. The number of nitrogens with zero attached hydrogens (tertiary/aromatic N) is 2. The van der Waals surface area contributed by atoms with Gasteiger partial charge in [-0.2, -0.15) is 0 Å². The molecule has 0 atom stereocenters. The first-order valence-corrected chi connectivity index (χ1v) is 6.49. The van der Waals surface area contributed by atoms with Gasteiger partial charge in [-0.05, 0) is 30.0 Å². The van der Waals surface area contributed by atoms with Gasteiger partial charge >= 0.3 is 0 Å². The third-order valence-electron chi connectivity index (χ3n) is 3.42. The Kier molecular flexibility index (Phi) is 2.99. The third-order valence-corrected chi connectivity index (χ3v) is 3.42. The number of rotatable bonds is 2. The van der Waals surface area contributed by atoms with Gasteiger partial charge in [0.05, 0.1) is 5.69 Å². The highest BCUT2D eigenvalue weighted by molar-refractivity contribution is 5.94. The Morgan fingerprint density at radius 3 is 2.70 bits per heavy atom. The number of aryl methyl sites for hydroxylation is 1. The number of hydrogen-bond acceptors (Lipinski definition) is 4. The van der Waals surface area contributed by atoms with Crippen LogP contribution in [0.1, 0.15) is 5.56 Å². The predicted molar refractivity (Wildman–Crippen MR) is 83.7 cm³/mol. The Morgan fingerprint density at radius 1 is 1.15 bits per heavy atom. The second-order valence-corrected chi connectivity index (χ2v) is 4.75. The van der Waals surface area contributed by atoms with Gasteiger partial charge in [-0.1, -0.05) is 24.3 Å². The van der Waals surface area contributed by atoms with Crippen molar-refractivity contribution in [2.24, 2.45) is 0 Å². The van der Waals surface area contributed by atoms with Crippen molar-refractivity contribution in [3.63, 3.8) is 0 Å². The van der Waals surface area contributed by atoms with Gasteiger partial charge in [0.25, 0.3) is 0 Å². The molecule has 0 spiro atoms. The molecule has 4 heteroatoms. The maximum Gasteiger partial charge on any atom is 0.133 e. The highest BCUT2D eigenvalue weighted by Gasteiger charge is 2.08. The van der Waals surface area contributed by atoms with Crippen LogP contribution in [0.3, 0.4) is 0 Å². The summed E-state index contributed by atoms with van der Waals surface area (Å²) < 4.78 is 0. The quantitative estimate of drug-likeness (QED) is 0.746. The lowest BCUT2D eigenvalue weighted by Crippen LogP contribution is -1.98. The SMILES string of the molecule is CNc1cc2cc(-c3ccccc3C)nc(N)c2cn1. The summed E-state index contributed by atoms with van der Waals surface area (Å²) >= 11 is 0. The zero-order chi connectivity index (χ0) is 14.1. The molecule has 0 aliphatic rings.